The van der Waals surface area contributed by atoms with Crippen LogP contribution in [0, 0.1) is 5.92 Å². The van der Waals surface area contributed by atoms with Gasteiger partial charge in [0.1, 0.15) is 5.75 Å². The normalized spacial score (nSPS) is 16.3. The van der Waals surface area contributed by atoms with E-state index in [1.54, 1.807) is 0 Å². The number of benzene rings is 1. The maximum atomic E-state index is 5.88. The van der Waals surface area contributed by atoms with Gasteiger partial charge in [-0.25, -0.2) is 0 Å². The minimum atomic E-state index is 0.785. The average molecular weight is 233 g/mol. The van der Waals surface area contributed by atoms with Crippen LogP contribution < -0.4 is 10.1 Å². The predicted octanol–water partition coefficient (Wildman–Crippen LogP) is 3.37. The Kier molecular flexibility index (Phi) is 4.87. The van der Waals surface area contributed by atoms with Crippen molar-refractivity contribution in [1.29, 1.82) is 0 Å². The molecule has 1 fully saturated rings. The third kappa shape index (κ3) is 4.04. The lowest BCUT2D eigenvalue weighted by molar-refractivity contribution is 0.252. The average Bonchev–Trinajstić information content (AvgIpc) is 2.87. The molecule has 0 spiro atoms. The van der Waals surface area contributed by atoms with Gasteiger partial charge in [-0.2, -0.15) is 0 Å². The molecule has 0 atom stereocenters. The lowest BCUT2D eigenvalue weighted by Gasteiger charge is -2.12. The zero-order chi connectivity index (χ0) is 11.9. The first kappa shape index (κ1) is 12.4. The summed E-state index contributed by atoms with van der Waals surface area (Å²) in [5, 5.41) is 3.33. The molecule has 1 aliphatic rings. The molecule has 0 aromatic heterocycles. The number of hydrogen-bond acceptors (Lipinski definition) is 2. The molecule has 1 saturated carbocycles. The summed E-state index contributed by atoms with van der Waals surface area (Å²) < 4.78 is 5.88. The second kappa shape index (κ2) is 6.65. The molecule has 0 amide bonds. The van der Waals surface area contributed by atoms with Crippen molar-refractivity contribution in [3.63, 3.8) is 0 Å². The molecule has 1 N–H and O–H groups in total. The second-order valence-corrected chi connectivity index (χ2v) is 4.89. The number of hydrogen-bond donors (Lipinski definition) is 1. The summed E-state index contributed by atoms with van der Waals surface area (Å²) in [4.78, 5) is 0. The maximum absolute atomic E-state index is 5.88. The van der Waals surface area contributed by atoms with E-state index in [-0.39, 0.29) is 0 Å². The van der Waals surface area contributed by atoms with Gasteiger partial charge in [0.2, 0.25) is 0 Å². The fourth-order valence-corrected chi connectivity index (χ4v) is 2.41. The van der Waals surface area contributed by atoms with Crippen LogP contribution in [-0.2, 0) is 6.54 Å². The monoisotopic (exact) mass is 233 g/mol. The predicted molar refractivity (Wildman–Crippen MR) is 71.3 cm³/mol. The SMILES string of the molecule is CCNCc1cccc(OCC2CCCC2)c1. The van der Waals surface area contributed by atoms with Crippen LogP contribution in [0.5, 0.6) is 5.75 Å². The van der Waals surface area contributed by atoms with Gasteiger partial charge in [-0.05, 0) is 43.0 Å². The summed E-state index contributed by atoms with van der Waals surface area (Å²) in [6.45, 7) is 4.95. The fourth-order valence-electron chi connectivity index (χ4n) is 2.41. The van der Waals surface area contributed by atoms with Gasteiger partial charge in [0.05, 0.1) is 6.61 Å². The van der Waals surface area contributed by atoms with Crippen LogP contribution in [0.25, 0.3) is 0 Å². The first-order valence-electron chi connectivity index (χ1n) is 6.81. The van der Waals surface area contributed by atoms with Crippen LogP contribution in [0.1, 0.15) is 38.2 Å². The summed E-state index contributed by atoms with van der Waals surface area (Å²) in [5.74, 6) is 1.81. The third-order valence-electron chi connectivity index (χ3n) is 3.44. The molecule has 1 aromatic rings. The summed E-state index contributed by atoms with van der Waals surface area (Å²) in [6, 6.07) is 8.43. The van der Waals surface area contributed by atoms with E-state index < -0.39 is 0 Å². The van der Waals surface area contributed by atoms with E-state index in [2.05, 4.69) is 36.5 Å². The van der Waals surface area contributed by atoms with E-state index in [1.807, 2.05) is 0 Å². The molecule has 2 nitrogen and oxygen atoms in total. The highest BCUT2D eigenvalue weighted by Crippen LogP contribution is 2.25. The Morgan fingerprint density at radius 3 is 2.88 bits per heavy atom. The Bertz CT molecular complexity index is 331. The van der Waals surface area contributed by atoms with Crippen molar-refractivity contribution in [2.75, 3.05) is 13.2 Å². The van der Waals surface area contributed by atoms with Crippen molar-refractivity contribution in [2.24, 2.45) is 5.92 Å². The summed E-state index contributed by atoms with van der Waals surface area (Å²) in [6.07, 6.45) is 5.46. The molecule has 94 valence electrons. The van der Waals surface area contributed by atoms with Gasteiger partial charge >= 0.3 is 0 Å². The van der Waals surface area contributed by atoms with Crippen LogP contribution in [-0.4, -0.2) is 13.2 Å². The highest BCUT2D eigenvalue weighted by Gasteiger charge is 2.15. The zero-order valence-electron chi connectivity index (χ0n) is 10.7. The summed E-state index contributed by atoms with van der Waals surface area (Å²) in [5.41, 5.74) is 1.30. The molecule has 0 aliphatic heterocycles. The van der Waals surface area contributed by atoms with Gasteiger partial charge in [-0.1, -0.05) is 31.9 Å². The van der Waals surface area contributed by atoms with Crippen LogP contribution in [0.4, 0.5) is 0 Å². The molecule has 0 radical (unpaired) electrons. The van der Waals surface area contributed by atoms with Gasteiger partial charge in [-0.15, -0.1) is 0 Å². The molecule has 2 rings (SSSR count). The summed E-state index contributed by atoms with van der Waals surface area (Å²) in [7, 11) is 0. The van der Waals surface area contributed by atoms with Gasteiger partial charge in [0.15, 0.2) is 0 Å². The fraction of sp³-hybridized carbons (Fsp3) is 0.600. The molecule has 0 bridgehead atoms. The quantitative estimate of drug-likeness (QED) is 0.813. The Balaban J connectivity index is 1.82. The van der Waals surface area contributed by atoms with Gasteiger partial charge < -0.3 is 10.1 Å². The molecule has 1 aliphatic carbocycles. The van der Waals surface area contributed by atoms with E-state index in [4.69, 9.17) is 4.74 Å². The van der Waals surface area contributed by atoms with Crippen LogP contribution >= 0.6 is 0 Å². The molecule has 0 heterocycles. The first-order chi connectivity index (χ1) is 8.38. The molecule has 0 saturated heterocycles. The van der Waals surface area contributed by atoms with Crippen molar-refractivity contribution >= 4 is 0 Å². The van der Waals surface area contributed by atoms with Crippen LogP contribution in [0.15, 0.2) is 24.3 Å². The number of rotatable bonds is 6. The molecule has 2 heteroatoms. The van der Waals surface area contributed by atoms with Crippen molar-refractivity contribution in [1.82, 2.24) is 5.32 Å². The topological polar surface area (TPSA) is 21.3 Å². The van der Waals surface area contributed by atoms with Crippen LogP contribution in [0.3, 0.4) is 0 Å². The number of ether oxygens (including phenoxy) is 1. The Morgan fingerprint density at radius 1 is 1.29 bits per heavy atom. The van der Waals surface area contributed by atoms with Crippen molar-refractivity contribution in [3.05, 3.63) is 29.8 Å². The highest BCUT2D eigenvalue weighted by atomic mass is 16.5. The lowest BCUT2D eigenvalue weighted by atomic mass is 10.1. The Morgan fingerprint density at radius 2 is 2.12 bits per heavy atom. The van der Waals surface area contributed by atoms with Crippen LogP contribution in [0.2, 0.25) is 0 Å². The van der Waals surface area contributed by atoms with E-state index in [0.717, 1.165) is 31.4 Å². The largest absolute Gasteiger partial charge is 0.493 e. The zero-order valence-corrected chi connectivity index (χ0v) is 10.7. The molecule has 0 unspecified atom stereocenters. The first-order valence-corrected chi connectivity index (χ1v) is 6.81. The van der Waals surface area contributed by atoms with Gasteiger partial charge in [-0.3, -0.25) is 0 Å². The standard InChI is InChI=1S/C15H23NO/c1-2-16-11-14-8-5-9-15(10-14)17-12-13-6-3-4-7-13/h5,8-10,13,16H,2-4,6-7,11-12H2,1H3. The van der Waals surface area contributed by atoms with Crippen molar-refractivity contribution in [3.8, 4) is 5.75 Å². The van der Waals surface area contributed by atoms with Crippen molar-refractivity contribution < 1.29 is 4.74 Å². The Hall–Kier alpha value is -1.02. The van der Waals surface area contributed by atoms with E-state index in [9.17, 15) is 0 Å². The molecule has 1 aromatic carbocycles. The number of nitrogens with one attached hydrogen (secondary N) is 1. The molecular formula is C15H23NO. The minimum absolute atomic E-state index is 0.785. The smallest absolute Gasteiger partial charge is 0.119 e. The minimum Gasteiger partial charge on any atom is -0.493 e. The second-order valence-electron chi connectivity index (χ2n) is 4.89. The van der Waals surface area contributed by atoms with E-state index >= 15 is 0 Å². The maximum Gasteiger partial charge on any atom is 0.119 e. The van der Waals surface area contributed by atoms with Crippen molar-refractivity contribution in [2.45, 2.75) is 39.2 Å². The third-order valence-corrected chi connectivity index (χ3v) is 3.44. The molecular weight excluding hydrogens is 210 g/mol. The summed E-state index contributed by atoms with van der Waals surface area (Å²) >= 11 is 0. The highest BCUT2D eigenvalue weighted by molar-refractivity contribution is 5.28. The lowest BCUT2D eigenvalue weighted by Crippen LogP contribution is -2.12. The van der Waals surface area contributed by atoms with E-state index in [1.165, 1.54) is 31.2 Å². The van der Waals surface area contributed by atoms with E-state index in [0.29, 0.717) is 0 Å². The Labute approximate surface area is 104 Å². The van der Waals surface area contributed by atoms with Gasteiger partial charge in [0, 0.05) is 6.54 Å². The van der Waals surface area contributed by atoms with Gasteiger partial charge in [0.25, 0.3) is 0 Å². The molecule has 17 heavy (non-hydrogen) atoms.